The Morgan fingerprint density at radius 3 is 2.50 bits per heavy atom. The second-order valence-corrected chi connectivity index (χ2v) is 6.26. The van der Waals surface area contributed by atoms with Gasteiger partial charge in [-0.25, -0.2) is 4.79 Å². The van der Waals surface area contributed by atoms with Gasteiger partial charge in [0.25, 0.3) is 5.56 Å². The van der Waals surface area contributed by atoms with Gasteiger partial charge < -0.3 is 4.57 Å². The highest BCUT2D eigenvalue weighted by atomic mass is 16.2. The third-order valence-corrected chi connectivity index (χ3v) is 4.90. The highest BCUT2D eigenvalue weighted by Crippen LogP contribution is 2.25. The fourth-order valence-corrected chi connectivity index (χ4v) is 3.27. The molecule has 0 bridgehead atoms. The van der Waals surface area contributed by atoms with Crippen molar-refractivity contribution in [1.82, 2.24) is 23.1 Å². The normalized spacial score (nSPS) is 13.0. The summed E-state index contributed by atoms with van der Waals surface area (Å²) < 4.78 is 6.64. The minimum absolute atomic E-state index is 0.179. The van der Waals surface area contributed by atoms with Gasteiger partial charge in [0.15, 0.2) is 11.2 Å². The number of imidazole rings is 2. The SMILES string of the molecule is C=CCn1c(=O)c2c(nc3n(C(C)CC)c(C)c(C)n23)n(C)c1=O. The van der Waals surface area contributed by atoms with E-state index in [0.717, 1.165) is 17.8 Å². The van der Waals surface area contributed by atoms with E-state index in [4.69, 9.17) is 0 Å². The van der Waals surface area contributed by atoms with Gasteiger partial charge in [-0.1, -0.05) is 13.0 Å². The van der Waals surface area contributed by atoms with Crippen molar-refractivity contribution in [3.05, 3.63) is 44.9 Å². The van der Waals surface area contributed by atoms with E-state index in [0.29, 0.717) is 16.9 Å². The molecule has 0 aliphatic rings. The monoisotopic (exact) mass is 329 g/mol. The van der Waals surface area contributed by atoms with Crippen LogP contribution in [0.25, 0.3) is 16.9 Å². The van der Waals surface area contributed by atoms with Crippen molar-refractivity contribution in [3.63, 3.8) is 0 Å². The van der Waals surface area contributed by atoms with Gasteiger partial charge in [-0.2, -0.15) is 4.98 Å². The van der Waals surface area contributed by atoms with E-state index >= 15 is 0 Å². The highest BCUT2D eigenvalue weighted by molar-refractivity contribution is 5.76. The standard InChI is InChI=1S/C17H23N5O2/c1-7-9-20-15(23)13-14(19(6)17(20)24)18-16-21(10(3)8-2)11(4)12(5)22(13)16/h7,10H,1,8-9H2,2-6H3. The number of aromatic nitrogens is 5. The summed E-state index contributed by atoms with van der Waals surface area (Å²) in [7, 11) is 1.64. The molecule has 1 atom stereocenters. The lowest BCUT2D eigenvalue weighted by Crippen LogP contribution is -2.39. The first-order valence-electron chi connectivity index (χ1n) is 8.15. The number of aryl methyl sites for hydroxylation is 2. The molecule has 0 N–H and O–H groups in total. The summed E-state index contributed by atoms with van der Waals surface area (Å²) in [5.74, 6) is 0.706. The molecule has 1 unspecified atom stereocenters. The minimum Gasteiger partial charge on any atom is -0.311 e. The number of rotatable bonds is 4. The lowest BCUT2D eigenvalue weighted by molar-refractivity contribution is 0.532. The lowest BCUT2D eigenvalue weighted by atomic mass is 10.2. The molecule has 0 saturated heterocycles. The van der Waals surface area contributed by atoms with Crippen molar-refractivity contribution in [3.8, 4) is 0 Å². The molecule has 24 heavy (non-hydrogen) atoms. The van der Waals surface area contributed by atoms with Crippen LogP contribution in [0.15, 0.2) is 22.2 Å². The molecular weight excluding hydrogens is 306 g/mol. The maximum absolute atomic E-state index is 12.9. The Kier molecular flexibility index (Phi) is 3.74. The first-order chi connectivity index (χ1) is 11.3. The van der Waals surface area contributed by atoms with E-state index in [1.54, 1.807) is 13.1 Å². The van der Waals surface area contributed by atoms with Gasteiger partial charge in [0, 0.05) is 31.0 Å². The number of hydrogen-bond acceptors (Lipinski definition) is 3. The molecule has 3 rings (SSSR count). The third kappa shape index (κ3) is 1.93. The molecule has 3 aromatic rings. The average Bonchev–Trinajstić information content (AvgIpc) is 3.05. The Hall–Kier alpha value is -2.57. The van der Waals surface area contributed by atoms with Crippen LogP contribution in [0.3, 0.4) is 0 Å². The molecule has 0 aromatic carbocycles. The van der Waals surface area contributed by atoms with Crippen LogP contribution in [-0.2, 0) is 13.6 Å². The van der Waals surface area contributed by atoms with Gasteiger partial charge in [-0.3, -0.25) is 18.3 Å². The molecule has 128 valence electrons. The van der Waals surface area contributed by atoms with Gasteiger partial charge in [0.1, 0.15) is 0 Å². The van der Waals surface area contributed by atoms with E-state index in [9.17, 15) is 9.59 Å². The van der Waals surface area contributed by atoms with Gasteiger partial charge in [-0.05, 0) is 27.2 Å². The predicted octanol–water partition coefficient (Wildman–Crippen LogP) is 1.92. The summed E-state index contributed by atoms with van der Waals surface area (Å²) in [6.45, 7) is 12.1. The van der Waals surface area contributed by atoms with Crippen molar-refractivity contribution in [1.29, 1.82) is 0 Å². The molecule has 0 fully saturated rings. The quantitative estimate of drug-likeness (QED) is 0.687. The highest BCUT2D eigenvalue weighted by Gasteiger charge is 2.23. The number of nitrogens with zero attached hydrogens (tertiary/aromatic N) is 5. The van der Waals surface area contributed by atoms with Crippen LogP contribution in [-0.4, -0.2) is 23.1 Å². The molecule has 3 heterocycles. The van der Waals surface area contributed by atoms with Crippen molar-refractivity contribution in [2.75, 3.05) is 0 Å². The second kappa shape index (κ2) is 5.51. The van der Waals surface area contributed by atoms with Crippen LogP contribution < -0.4 is 11.2 Å². The molecule has 7 nitrogen and oxygen atoms in total. The van der Waals surface area contributed by atoms with E-state index in [2.05, 4.69) is 30.0 Å². The van der Waals surface area contributed by atoms with Crippen molar-refractivity contribution < 1.29 is 0 Å². The van der Waals surface area contributed by atoms with Gasteiger partial charge in [0.05, 0.1) is 0 Å². The molecule has 0 aliphatic heterocycles. The van der Waals surface area contributed by atoms with E-state index < -0.39 is 0 Å². The molecule has 0 amide bonds. The molecule has 0 saturated carbocycles. The first-order valence-corrected chi connectivity index (χ1v) is 8.15. The van der Waals surface area contributed by atoms with Crippen molar-refractivity contribution in [2.24, 2.45) is 7.05 Å². The zero-order valence-electron chi connectivity index (χ0n) is 14.8. The fraction of sp³-hybridized carbons (Fsp3) is 0.471. The van der Waals surface area contributed by atoms with Crippen molar-refractivity contribution in [2.45, 2.75) is 46.7 Å². The van der Waals surface area contributed by atoms with E-state index in [1.807, 2.05) is 18.2 Å². The smallest absolute Gasteiger partial charge is 0.311 e. The largest absolute Gasteiger partial charge is 0.332 e. The van der Waals surface area contributed by atoms with Gasteiger partial charge in [0.2, 0.25) is 5.78 Å². The fourth-order valence-electron chi connectivity index (χ4n) is 3.27. The molecular formula is C17H23N5O2. The van der Waals surface area contributed by atoms with Crippen LogP contribution in [0.4, 0.5) is 0 Å². The number of hydrogen-bond donors (Lipinski definition) is 0. The predicted molar refractivity (Wildman–Crippen MR) is 94.9 cm³/mol. The van der Waals surface area contributed by atoms with Gasteiger partial charge in [-0.15, -0.1) is 6.58 Å². The van der Waals surface area contributed by atoms with E-state index in [-0.39, 0.29) is 23.8 Å². The summed E-state index contributed by atoms with van der Waals surface area (Å²) >= 11 is 0. The Morgan fingerprint density at radius 2 is 1.92 bits per heavy atom. The average molecular weight is 329 g/mol. The second-order valence-electron chi connectivity index (χ2n) is 6.26. The Balaban J connectivity index is 2.59. The summed E-state index contributed by atoms with van der Waals surface area (Å²) in [6, 6.07) is 0.255. The van der Waals surface area contributed by atoms with Gasteiger partial charge >= 0.3 is 5.69 Å². The summed E-state index contributed by atoms with van der Waals surface area (Å²) in [5.41, 5.74) is 2.20. The van der Waals surface area contributed by atoms with Crippen LogP contribution in [0.5, 0.6) is 0 Å². The van der Waals surface area contributed by atoms with Crippen molar-refractivity contribution >= 4 is 16.9 Å². The summed E-state index contributed by atoms with van der Waals surface area (Å²) in [6.07, 6.45) is 2.50. The summed E-state index contributed by atoms with van der Waals surface area (Å²) in [4.78, 5) is 30.0. The van der Waals surface area contributed by atoms with E-state index in [1.165, 1.54) is 9.13 Å². The Labute approximate surface area is 139 Å². The molecule has 0 radical (unpaired) electrons. The lowest BCUT2D eigenvalue weighted by Gasteiger charge is -2.13. The maximum atomic E-state index is 12.9. The third-order valence-electron chi connectivity index (χ3n) is 4.90. The molecule has 3 aromatic heterocycles. The first kappa shape index (κ1) is 16.3. The minimum atomic E-state index is -0.377. The van der Waals surface area contributed by atoms with Crippen LogP contribution in [0.2, 0.25) is 0 Å². The topological polar surface area (TPSA) is 66.2 Å². The summed E-state index contributed by atoms with van der Waals surface area (Å²) in [5, 5.41) is 0. The Morgan fingerprint density at radius 1 is 1.25 bits per heavy atom. The molecule has 7 heteroatoms. The molecule has 0 aliphatic carbocycles. The van der Waals surface area contributed by atoms with Crippen LogP contribution in [0.1, 0.15) is 37.7 Å². The maximum Gasteiger partial charge on any atom is 0.332 e. The number of fused-ring (bicyclic) bond motifs is 3. The van der Waals surface area contributed by atoms with Crippen LogP contribution >= 0.6 is 0 Å². The number of allylic oxidation sites excluding steroid dienone is 1. The molecule has 0 spiro atoms. The Bertz CT molecular complexity index is 1080. The zero-order valence-corrected chi connectivity index (χ0v) is 14.8. The zero-order chi connectivity index (χ0) is 17.8. The van der Waals surface area contributed by atoms with Crippen LogP contribution in [0, 0.1) is 13.8 Å².